The Morgan fingerprint density at radius 2 is 1.83 bits per heavy atom. The lowest BCUT2D eigenvalue weighted by atomic mass is 10.2. The molecule has 0 aromatic carbocycles. The number of nitrogens with one attached hydrogen (secondary N) is 2. The maximum Gasteiger partial charge on any atom is 0.240 e. The van der Waals surface area contributed by atoms with Crippen LogP contribution in [0.25, 0.3) is 0 Å². The van der Waals surface area contributed by atoms with Gasteiger partial charge in [-0.2, -0.15) is 0 Å². The zero-order valence-corrected chi connectivity index (χ0v) is 7.06. The quantitative estimate of drug-likeness (QED) is 0.495. The SMILES string of the molecule is O=C1CCCCCNCC(=O)N1. The number of hydrogen-bond donors (Lipinski definition) is 2. The number of carbonyl (C=O) groups is 2. The van der Waals surface area contributed by atoms with Crippen LogP contribution in [-0.2, 0) is 9.59 Å². The van der Waals surface area contributed by atoms with Crippen molar-refractivity contribution in [1.82, 2.24) is 10.6 Å². The van der Waals surface area contributed by atoms with Crippen molar-refractivity contribution in [3.05, 3.63) is 0 Å². The molecule has 0 spiro atoms. The molecule has 0 aliphatic carbocycles. The Labute approximate surface area is 71.7 Å². The van der Waals surface area contributed by atoms with Crippen LogP contribution in [0.15, 0.2) is 0 Å². The van der Waals surface area contributed by atoms with Crippen molar-refractivity contribution in [3.8, 4) is 0 Å². The van der Waals surface area contributed by atoms with Gasteiger partial charge >= 0.3 is 0 Å². The van der Waals surface area contributed by atoms with E-state index >= 15 is 0 Å². The second-order valence-corrected chi connectivity index (χ2v) is 2.96. The molecule has 2 N–H and O–H groups in total. The smallest absolute Gasteiger partial charge is 0.240 e. The number of hydrogen-bond acceptors (Lipinski definition) is 3. The fourth-order valence-electron chi connectivity index (χ4n) is 1.18. The summed E-state index contributed by atoms with van der Waals surface area (Å²) in [6.07, 6.45) is 3.45. The number of amides is 2. The Kier molecular flexibility index (Phi) is 3.73. The highest BCUT2D eigenvalue weighted by molar-refractivity contribution is 5.96. The molecule has 4 nitrogen and oxygen atoms in total. The van der Waals surface area contributed by atoms with E-state index in [2.05, 4.69) is 10.6 Å². The van der Waals surface area contributed by atoms with Crippen molar-refractivity contribution in [3.63, 3.8) is 0 Å². The number of imide groups is 1. The van der Waals surface area contributed by atoms with Crippen LogP contribution < -0.4 is 10.6 Å². The number of carbonyl (C=O) groups excluding carboxylic acids is 2. The summed E-state index contributed by atoms with van der Waals surface area (Å²) >= 11 is 0. The molecule has 0 unspecified atom stereocenters. The summed E-state index contributed by atoms with van der Waals surface area (Å²) in [6, 6.07) is 0. The van der Waals surface area contributed by atoms with E-state index in [1.165, 1.54) is 0 Å². The van der Waals surface area contributed by atoms with Gasteiger partial charge < -0.3 is 5.32 Å². The molecule has 0 radical (unpaired) electrons. The lowest BCUT2D eigenvalue weighted by Gasteiger charge is -2.08. The fraction of sp³-hybridized carbons (Fsp3) is 0.750. The molecule has 2 amide bonds. The first-order valence-corrected chi connectivity index (χ1v) is 4.32. The molecule has 12 heavy (non-hydrogen) atoms. The van der Waals surface area contributed by atoms with Gasteiger partial charge in [-0.25, -0.2) is 0 Å². The molecule has 1 aliphatic heterocycles. The van der Waals surface area contributed by atoms with E-state index in [0.29, 0.717) is 6.42 Å². The summed E-state index contributed by atoms with van der Waals surface area (Å²) in [4.78, 5) is 21.9. The Morgan fingerprint density at radius 3 is 2.67 bits per heavy atom. The maximum atomic E-state index is 11.0. The molecule has 1 saturated heterocycles. The molecule has 0 aromatic rings. The van der Waals surface area contributed by atoms with Crippen molar-refractivity contribution in [2.75, 3.05) is 13.1 Å². The van der Waals surface area contributed by atoms with E-state index in [1.54, 1.807) is 0 Å². The molecule has 68 valence electrons. The third-order valence-electron chi connectivity index (χ3n) is 1.82. The molecule has 0 bridgehead atoms. The molecule has 4 heteroatoms. The van der Waals surface area contributed by atoms with Crippen LogP contribution in [0.2, 0.25) is 0 Å². The fourth-order valence-corrected chi connectivity index (χ4v) is 1.18. The van der Waals surface area contributed by atoms with Gasteiger partial charge in [-0.15, -0.1) is 0 Å². The first-order valence-electron chi connectivity index (χ1n) is 4.32. The summed E-state index contributed by atoms with van der Waals surface area (Å²) in [7, 11) is 0. The molecular formula is C8H14N2O2. The van der Waals surface area contributed by atoms with Gasteiger partial charge in [0.15, 0.2) is 0 Å². The van der Waals surface area contributed by atoms with Crippen LogP contribution >= 0.6 is 0 Å². The average molecular weight is 170 g/mol. The van der Waals surface area contributed by atoms with Crippen molar-refractivity contribution >= 4 is 11.8 Å². The highest BCUT2D eigenvalue weighted by Gasteiger charge is 2.08. The van der Waals surface area contributed by atoms with Crippen LogP contribution in [0.3, 0.4) is 0 Å². The summed E-state index contributed by atoms with van der Waals surface area (Å²) < 4.78 is 0. The van der Waals surface area contributed by atoms with E-state index < -0.39 is 0 Å². The molecule has 0 atom stereocenters. The van der Waals surface area contributed by atoms with Crippen LogP contribution in [0.5, 0.6) is 0 Å². The largest absolute Gasteiger partial charge is 0.308 e. The van der Waals surface area contributed by atoms with E-state index in [9.17, 15) is 9.59 Å². The minimum atomic E-state index is -0.220. The van der Waals surface area contributed by atoms with Gasteiger partial charge in [-0.1, -0.05) is 6.42 Å². The second kappa shape index (κ2) is 4.87. The van der Waals surface area contributed by atoms with Crippen LogP contribution in [-0.4, -0.2) is 24.9 Å². The normalized spacial score (nSPS) is 21.7. The van der Waals surface area contributed by atoms with E-state index in [0.717, 1.165) is 25.8 Å². The van der Waals surface area contributed by atoms with Gasteiger partial charge in [0.2, 0.25) is 11.8 Å². The summed E-state index contributed by atoms with van der Waals surface area (Å²) in [6.45, 7) is 1.12. The Balaban J connectivity index is 2.34. The maximum absolute atomic E-state index is 11.0. The zero-order chi connectivity index (χ0) is 8.81. The van der Waals surface area contributed by atoms with Crippen LogP contribution in [0.4, 0.5) is 0 Å². The lowest BCUT2D eigenvalue weighted by molar-refractivity contribution is -0.130. The Morgan fingerprint density at radius 1 is 1.00 bits per heavy atom. The van der Waals surface area contributed by atoms with Gasteiger partial charge in [0.05, 0.1) is 6.54 Å². The summed E-state index contributed by atoms with van der Waals surface area (Å²) in [5.41, 5.74) is 0. The van der Waals surface area contributed by atoms with Gasteiger partial charge in [-0.3, -0.25) is 14.9 Å². The molecule has 1 aliphatic rings. The van der Waals surface area contributed by atoms with Crippen LogP contribution in [0.1, 0.15) is 25.7 Å². The predicted octanol–water partition coefficient (Wildman–Crippen LogP) is -0.207. The van der Waals surface area contributed by atoms with Crippen molar-refractivity contribution in [2.24, 2.45) is 0 Å². The van der Waals surface area contributed by atoms with E-state index in [1.807, 2.05) is 0 Å². The molecular weight excluding hydrogens is 156 g/mol. The van der Waals surface area contributed by atoms with Gasteiger partial charge in [0.25, 0.3) is 0 Å². The Hall–Kier alpha value is -0.900. The zero-order valence-electron chi connectivity index (χ0n) is 7.06. The third kappa shape index (κ3) is 3.48. The second-order valence-electron chi connectivity index (χ2n) is 2.96. The Bertz CT molecular complexity index is 162. The molecule has 0 aromatic heterocycles. The van der Waals surface area contributed by atoms with Gasteiger partial charge in [0, 0.05) is 6.42 Å². The minimum Gasteiger partial charge on any atom is -0.308 e. The van der Waals surface area contributed by atoms with Gasteiger partial charge in [-0.05, 0) is 19.4 Å². The molecule has 1 heterocycles. The van der Waals surface area contributed by atoms with E-state index in [-0.39, 0.29) is 18.4 Å². The van der Waals surface area contributed by atoms with Crippen molar-refractivity contribution in [2.45, 2.75) is 25.7 Å². The number of rotatable bonds is 0. The highest BCUT2D eigenvalue weighted by atomic mass is 16.2. The third-order valence-corrected chi connectivity index (χ3v) is 1.82. The topological polar surface area (TPSA) is 58.2 Å². The average Bonchev–Trinajstić information content (AvgIpc) is 2.02. The van der Waals surface area contributed by atoms with Crippen molar-refractivity contribution in [1.29, 1.82) is 0 Å². The lowest BCUT2D eigenvalue weighted by Crippen LogP contribution is -2.38. The first kappa shape index (κ1) is 9.19. The van der Waals surface area contributed by atoms with Crippen LogP contribution in [0, 0.1) is 0 Å². The molecule has 1 rings (SSSR count). The van der Waals surface area contributed by atoms with Gasteiger partial charge in [0.1, 0.15) is 0 Å². The summed E-state index contributed by atoms with van der Waals surface area (Å²) in [5.74, 6) is -0.370. The predicted molar refractivity (Wildman–Crippen MR) is 44.5 cm³/mol. The highest BCUT2D eigenvalue weighted by Crippen LogP contribution is 1.99. The van der Waals surface area contributed by atoms with Crippen molar-refractivity contribution < 1.29 is 9.59 Å². The monoisotopic (exact) mass is 170 g/mol. The molecule has 0 saturated carbocycles. The first-order chi connectivity index (χ1) is 5.79. The summed E-state index contributed by atoms with van der Waals surface area (Å²) in [5, 5.41) is 5.27. The standard InChI is InChI=1S/C8H14N2O2/c11-7-4-2-1-3-5-9-6-8(12)10-7/h9H,1-6H2,(H,10,11,12). The minimum absolute atomic E-state index is 0.149. The molecule has 1 fully saturated rings. The van der Waals surface area contributed by atoms with E-state index in [4.69, 9.17) is 0 Å².